The third-order valence-corrected chi connectivity index (χ3v) is 3.66. The molecule has 0 radical (unpaired) electrons. The van der Waals surface area contributed by atoms with Crippen LogP contribution in [0.4, 0.5) is 5.82 Å². The van der Waals surface area contributed by atoms with Gasteiger partial charge in [0, 0.05) is 29.8 Å². The number of nitrogens with one attached hydrogen (secondary N) is 2. The Hall–Kier alpha value is -2.82. The highest BCUT2D eigenvalue weighted by atomic mass is 16.5. The molecule has 3 aromatic rings. The molecule has 0 atom stereocenters. The SMILES string of the molecule is CCOC(=O)c1cccnc1NCCc1c[nH]c2ccccc12. The molecule has 0 saturated heterocycles. The summed E-state index contributed by atoms with van der Waals surface area (Å²) in [4.78, 5) is 19.4. The summed E-state index contributed by atoms with van der Waals surface area (Å²) in [5, 5.41) is 4.45. The van der Waals surface area contributed by atoms with Gasteiger partial charge in [0.1, 0.15) is 11.4 Å². The number of anilines is 1. The average molecular weight is 309 g/mol. The standard InChI is InChI=1S/C18H19N3O2/c1-2-23-18(22)15-7-5-10-19-17(15)20-11-9-13-12-21-16-8-4-3-6-14(13)16/h3-8,10,12,21H,2,9,11H2,1H3,(H,19,20). The number of carbonyl (C=O) groups is 1. The normalized spacial score (nSPS) is 10.7. The Bertz CT molecular complexity index is 811. The number of aromatic nitrogens is 2. The third-order valence-electron chi connectivity index (χ3n) is 3.66. The van der Waals surface area contributed by atoms with Crippen molar-refractivity contribution in [3.63, 3.8) is 0 Å². The number of fused-ring (bicyclic) bond motifs is 1. The largest absolute Gasteiger partial charge is 0.462 e. The second-order valence-electron chi connectivity index (χ2n) is 5.16. The minimum absolute atomic E-state index is 0.350. The Balaban J connectivity index is 1.68. The number of benzene rings is 1. The maximum atomic E-state index is 11.9. The summed E-state index contributed by atoms with van der Waals surface area (Å²) in [7, 11) is 0. The lowest BCUT2D eigenvalue weighted by Crippen LogP contribution is -2.13. The number of pyridine rings is 1. The lowest BCUT2D eigenvalue weighted by atomic mass is 10.1. The Labute approximate surface area is 134 Å². The summed E-state index contributed by atoms with van der Waals surface area (Å²) in [6, 6.07) is 11.7. The van der Waals surface area contributed by atoms with Crippen LogP contribution in [0.25, 0.3) is 10.9 Å². The fraction of sp³-hybridized carbons (Fsp3) is 0.222. The topological polar surface area (TPSA) is 67.0 Å². The number of hydrogen-bond acceptors (Lipinski definition) is 4. The smallest absolute Gasteiger partial charge is 0.341 e. The van der Waals surface area contributed by atoms with E-state index in [9.17, 15) is 4.79 Å². The molecular weight excluding hydrogens is 290 g/mol. The van der Waals surface area contributed by atoms with E-state index in [0.29, 0.717) is 24.5 Å². The molecule has 23 heavy (non-hydrogen) atoms. The molecule has 0 aliphatic heterocycles. The Morgan fingerprint density at radius 1 is 1.26 bits per heavy atom. The number of para-hydroxylation sites is 1. The van der Waals surface area contributed by atoms with E-state index in [4.69, 9.17) is 4.74 Å². The third kappa shape index (κ3) is 3.34. The van der Waals surface area contributed by atoms with Gasteiger partial charge in [-0.15, -0.1) is 0 Å². The van der Waals surface area contributed by atoms with Gasteiger partial charge in [0.15, 0.2) is 0 Å². The summed E-state index contributed by atoms with van der Waals surface area (Å²) in [6.45, 7) is 2.83. The van der Waals surface area contributed by atoms with Crippen LogP contribution in [-0.4, -0.2) is 29.1 Å². The molecule has 2 aromatic heterocycles. The molecule has 5 nitrogen and oxygen atoms in total. The number of ether oxygens (including phenoxy) is 1. The first-order valence-electron chi connectivity index (χ1n) is 7.70. The van der Waals surface area contributed by atoms with E-state index in [0.717, 1.165) is 11.9 Å². The molecule has 1 aromatic carbocycles. The van der Waals surface area contributed by atoms with Crippen LogP contribution in [0.15, 0.2) is 48.8 Å². The summed E-state index contributed by atoms with van der Waals surface area (Å²) in [6.07, 6.45) is 4.52. The number of rotatable bonds is 6. The molecule has 0 amide bonds. The fourth-order valence-electron chi connectivity index (χ4n) is 2.57. The van der Waals surface area contributed by atoms with Gasteiger partial charge >= 0.3 is 5.97 Å². The second kappa shape index (κ2) is 6.96. The van der Waals surface area contributed by atoms with Crippen molar-refractivity contribution in [1.82, 2.24) is 9.97 Å². The Kier molecular flexibility index (Phi) is 4.57. The highest BCUT2D eigenvalue weighted by Gasteiger charge is 2.13. The van der Waals surface area contributed by atoms with Gasteiger partial charge in [-0.2, -0.15) is 0 Å². The van der Waals surface area contributed by atoms with Crippen LogP contribution in [0.5, 0.6) is 0 Å². The van der Waals surface area contributed by atoms with Gasteiger partial charge in [-0.3, -0.25) is 0 Å². The fourth-order valence-corrected chi connectivity index (χ4v) is 2.57. The van der Waals surface area contributed by atoms with Crippen molar-refractivity contribution >= 4 is 22.7 Å². The molecule has 0 aliphatic carbocycles. The number of nitrogens with zero attached hydrogens (tertiary/aromatic N) is 1. The number of H-pyrrole nitrogens is 1. The summed E-state index contributed by atoms with van der Waals surface area (Å²) < 4.78 is 5.05. The highest BCUT2D eigenvalue weighted by molar-refractivity contribution is 5.94. The van der Waals surface area contributed by atoms with Gasteiger partial charge in [-0.05, 0) is 37.1 Å². The lowest BCUT2D eigenvalue weighted by Gasteiger charge is -2.09. The molecule has 0 saturated carbocycles. The molecule has 2 N–H and O–H groups in total. The molecule has 0 bridgehead atoms. The zero-order valence-corrected chi connectivity index (χ0v) is 13.0. The van der Waals surface area contributed by atoms with Crippen LogP contribution in [0.1, 0.15) is 22.8 Å². The van der Waals surface area contributed by atoms with Crippen LogP contribution in [-0.2, 0) is 11.2 Å². The van der Waals surface area contributed by atoms with Crippen LogP contribution >= 0.6 is 0 Å². The molecule has 0 spiro atoms. The molecule has 5 heteroatoms. The maximum Gasteiger partial charge on any atom is 0.341 e. The lowest BCUT2D eigenvalue weighted by molar-refractivity contribution is 0.0527. The quantitative estimate of drug-likeness (QED) is 0.685. The van der Waals surface area contributed by atoms with E-state index in [-0.39, 0.29) is 5.97 Å². The van der Waals surface area contributed by atoms with E-state index in [2.05, 4.69) is 27.4 Å². The first kappa shape index (κ1) is 15.1. The van der Waals surface area contributed by atoms with Crippen molar-refractivity contribution in [1.29, 1.82) is 0 Å². The van der Waals surface area contributed by atoms with Gasteiger partial charge in [0.25, 0.3) is 0 Å². The molecule has 0 fully saturated rings. The first-order valence-corrected chi connectivity index (χ1v) is 7.70. The van der Waals surface area contributed by atoms with Crippen LogP contribution < -0.4 is 5.32 Å². The zero-order chi connectivity index (χ0) is 16.1. The van der Waals surface area contributed by atoms with Crippen molar-refractivity contribution in [2.24, 2.45) is 0 Å². The molecule has 3 rings (SSSR count). The monoisotopic (exact) mass is 309 g/mol. The second-order valence-corrected chi connectivity index (χ2v) is 5.16. The molecule has 0 aliphatic rings. The molecule has 0 unspecified atom stereocenters. The first-order chi connectivity index (χ1) is 11.3. The number of aromatic amines is 1. The predicted octanol–water partition coefficient (Wildman–Crippen LogP) is 3.39. The Morgan fingerprint density at radius 2 is 2.13 bits per heavy atom. The minimum atomic E-state index is -0.352. The van der Waals surface area contributed by atoms with Crippen LogP contribution in [0.3, 0.4) is 0 Å². The Morgan fingerprint density at radius 3 is 3.00 bits per heavy atom. The summed E-state index contributed by atoms with van der Waals surface area (Å²) in [5.41, 5.74) is 2.84. The summed E-state index contributed by atoms with van der Waals surface area (Å²) >= 11 is 0. The number of esters is 1. The van der Waals surface area contributed by atoms with E-state index in [1.165, 1.54) is 10.9 Å². The van der Waals surface area contributed by atoms with Gasteiger partial charge in [0.05, 0.1) is 6.61 Å². The van der Waals surface area contributed by atoms with E-state index >= 15 is 0 Å². The highest BCUT2D eigenvalue weighted by Crippen LogP contribution is 2.18. The number of carbonyl (C=O) groups excluding carboxylic acids is 1. The number of hydrogen-bond donors (Lipinski definition) is 2. The van der Waals surface area contributed by atoms with Gasteiger partial charge in [-0.1, -0.05) is 18.2 Å². The molecular formula is C18H19N3O2. The average Bonchev–Trinajstić information content (AvgIpc) is 2.99. The van der Waals surface area contributed by atoms with Crippen LogP contribution in [0.2, 0.25) is 0 Å². The van der Waals surface area contributed by atoms with Crippen molar-refractivity contribution < 1.29 is 9.53 Å². The van der Waals surface area contributed by atoms with Crippen molar-refractivity contribution in [2.75, 3.05) is 18.5 Å². The maximum absolute atomic E-state index is 11.9. The van der Waals surface area contributed by atoms with Gasteiger partial charge in [-0.25, -0.2) is 9.78 Å². The molecule has 2 heterocycles. The van der Waals surface area contributed by atoms with E-state index in [1.54, 1.807) is 25.3 Å². The predicted molar refractivity (Wildman–Crippen MR) is 90.7 cm³/mol. The molecule has 118 valence electrons. The minimum Gasteiger partial charge on any atom is -0.462 e. The van der Waals surface area contributed by atoms with Crippen molar-refractivity contribution in [3.05, 3.63) is 59.9 Å². The zero-order valence-electron chi connectivity index (χ0n) is 13.0. The van der Waals surface area contributed by atoms with Gasteiger partial charge in [0.2, 0.25) is 0 Å². The van der Waals surface area contributed by atoms with Crippen LogP contribution in [0, 0.1) is 0 Å². The van der Waals surface area contributed by atoms with Crippen molar-refractivity contribution in [3.8, 4) is 0 Å². The van der Waals surface area contributed by atoms with Gasteiger partial charge < -0.3 is 15.0 Å². The van der Waals surface area contributed by atoms with E-state index in [1.807, 2.05) is 18.3 Å². The summed E-state index contributed by atoms with van der Waals surface area (Å²) in [5.74, 6) is 0.209. The van der Waals surface area contributed by atoms with Crippen molar-refractivity contribution in [2.45, 2.75) is 13.3 Å². The van der Waals surface area contributed by atoms with E-state index < -0.39 is 0 Å².